The number of hydrogen-bond acceptors (Lipinski definition) is 2. The minimum Gasteiger partial charge on any atom is -0.497 e. The second-order valence-electron chi connectivity index (χ2n) is 5.11. The minimum absolute atomic E-state index is 0.301. The van der Waals surface area contributed by atoms with E-state index in [4.69, 9.17) is 4.74 Å². The van der Waals surface area contributed by atoms with E-state index in [9.17, 15) is 0 Å². The summed E-state index contributed by atoms with van der Waals surface area (Å²) < 4.78 is 5.32. The van der Waals surface area contributed by atoms with Gasteiger partial charge in [-0.25, -0.2) is 0 Å². The predicted molar refractivity (Wildman–Crippen MR) is 89.1 cm³/mol. The monoisotopic (exact) mass is 283 g/mol. The first kappa shape index (κ1) is 15.6. The maximum absolute atomic E-state index is 5.32. The van der Waals surface area contributed by atoms with E-state index in [0.29, 0.717) is 6.04 Å². The van der Waals surface area contributed by atoms with Gasteiger partial charge in [0.25, 0.3) is 0 Å². The maximum atomic E-state index is 5.32. The lowest BCUT2D eigenvalue weighted by atomic mass is 9.89. The van der Waals surface area contributed by atoms with E-state index < -0.39 is 0 Å². The Balaban J connectivity index is 0.000000774. The smallest absolute Gasteiger partial charge is 0.119 e. The molecule has 1 unspecified atom stereocenters. The summed E-state index contributed by atoms with van der Waals surface area (Å²) in [5.41, 5.74) is 5.39. The molecule has 0 saturated carbocycles. The van der Waals surface area contributed by atoms with Crippen molar-refractivity contribution >= 4 is 0 Å². The van der Waals surface area contributed by atoms with Gasteiger partial charge in [0.2, 0.25) is 0 Å². The average Bonchev–Trinajstić information content (AvgIpc) is 2.56. The molecule has 1 N–H and O–H groups in total. The molecule has 0 bridgehead atoms. The fourth-order valence-corrected chi connectivity index (χ4v) is 2.72. The third-order valence-corrected chi connectivity index (χ3v) is 3.81. The standard InChI is InChI=1S/C17H19NO.C2H6/c1-12-3-5-13(6-4-12)17-16-8-7-15(19-2)11-14(16)9-10-18-17;1-2/h3-8,11,17-18H,9-10H2,1-2H3;1-2H3. The van der Waals surface area contributed by atoms with Crippen molar-refractivity contribution in [3.05, 3.63) is 64.7 Å². The Morgan fingerprint density at radius 2 is 1.76 bits per heavy atom. The quantitative estimate of drug-likeness (QED) is 0.889. The van der Waals surface area contributed by atoms with E-state index in [1.54, 1.807) is 7.11 Å². The van der Waals surface area contributed by atoms with Crippen molar-refractivity contribution in [2.24, 2.45) is 0 Å². The van der Waals surface area contributed by atoms with Crippen LogP contribution in [-0.4, -0.2) is 13.7 Å². The molecule has 21 heavy (non-hydrogen) atoms. The summed E-state index contributed by atoms with van der Waals surface area (Å²) in [6.45, 7) is 7.13. The summed E-state index contributed by atoms with van der Waals surface area (Å²) in [7, 11) is 1.72. The van der Waals surface area contributed by atoms with E-state index in [-0.39, 0.29) is 0 Å². The lowest BCUT2D eigenvalue weighted by Crippen LogP contribution is -2.30. The molecular weight excluding hydrogens is 258 g/mol. The Morgan fingerprint density at radius 1 is 1.05 bits per heavy atom. The highest BCUT2D eigenvalue weighted by molar-refractivity contribution is 5.43. The molecule has 2 aromatic rings. The Morgan fingerprint density at radius 3 is 2.43 bits per heavy atom. The highest BCUT2D eigenvalue weighted by atomic mass is 16.5. The van der Waals surface area contributed by atoms with Crippen molar-refractivity contribution in [1.82, 2.24) is 5.32 Å². The summed E-state index contributed by atoms with van der Waals surface area (Å²) in [6.07, 6.45) is 1.06. The van der Waals surface area contributed by atoms with Gasteiger partial charge in [-0.1, -0.05) is 49.7 Å². The fourth-order valence-electron chi connectivity index (χ4n) is 2.72. The van der Waals surface area contributed by atoms with Gasteiger partial charge in [0.05, 0.1) is 13.2 Å². The summed E-state index contributed by atoms with van der Waals surface area (Å²) in [5.74, 6) is 0.948. The van der Waals surface area contributed by atoms with Gasteiger partial charge < -0.3 is 10.1 Å². The Labute approximate surface area is 128 Å². The van der Waals surface area contributed by atoms with Gasteiger partial charge in [-0.2, -0.15) is 0 Å². The number of nitrogens with one attached hydrogen (secondary N) is 1. The summed E-state index contributed by atoms with van der Waals surface area (Å²) in [5, 5.41) is 3.61. The van der Waals surface area contributed by atoms with Crippen molar-refractivity contribution < 1.29 is 4.74 Å². The molecule has 1 atom stereocenters. The Hall–Kier alpha value is -1.80. The second-order valence-corrected chi connectivity index (χ2v) is 5.11. The molecule has 2 aromatic carbocycles. The van der Waals surface area contributed by atoms with E-state index in [2.05, 4.69) is 48.6 Å². The van der Waals surface area contributed by atoms with Crippen molar-refractivity contribution in [2.45, 2.75) is 33.2 Å². The van der Waals surface area contributed by atoms with Crippen LogP contribution in [0, 0.1) is 6.92 Å². The highest BCUT2D eigenvalue weighted by Gasteiger charge is 2.21. The normalized spacial score (nSPS) is 16.5. The first-order chi connectivity index (χ1) is 10.3. The van der Waals surface area contributed by atoms with Crippen LogP contribution in [-0.2, 0) is 6.42 Å². The lowest BCUT2D eigenvalue weighted by Gasteiger charge is -2.27. The number of ether oxygens (including phenoxy) is 1. The highest BCUT2D eigenvalue weighted by Crippen LogP contribution is 2.31. The van der Waals surface area contributed by atoms with Gasteiger partial charge in [-0.15, -0.1) is 0 Å². The van der Waals surface area contributed by atoms with Crippen molar-refractivity contribution in [2.75, 3.05) is 13.7 Å². The molecule has 112 valence electrons. The molecule has 1 aliphatic heterocycles. The van der Waals surface area contributed by atoms with Crippen LogP contribution in [0.25, 0.3) is 0 Å². The Bertz CT molecular complexity index is 575. The van der Waals surface area contributed by atoms with Crippen LogP contribution in [0.15, 0.2) is 42.5 Å². The molecule has 1 heterocycles. The van der Waals surface area contributed by atoms with Crippen LogP contribution >= 0.6 is 0 Å². The molecule has 0 saturated heterocycles. The minimum atomic E-state index is 0.301. The number of methoxy groups -OCH3 is 1. The van der Waals surface area contributed by atoms with Gasteiger partial charge >= 0.3 is 0 Å². The topological polar surface area (TPSA) is 21.3 Å². The number of aryl methyl sites for hydroxylation is 1. The van der Waals surface area contributed by atoms with Crippen LogP contribution in [0.4, 0.5) is 0 Å². The molecule has 0 aliphatic carbocycles. The number of fused-ring (bicyclic) bond motifs is 1. The second kappa shape index (κ2) is 7.28. The molecule has 0 radical (unpaired) electrons. The van der Waals surface area contributed by atoms with Gasteiger partial charge in [-0.3, -0.25) is 0 Å². The number of rotatable bonds is 2. The van der Waals surface area contributed by atoms with Crippen LogP contribution in [0.5, 0.6) is 5.75 Å². The molecule has 2 heteroatoms. The molecule has 0 aromatic heterocycles. The molecule has 0 spiro atoms. The first-order valence-corrected chi connectivity index (χ1v) is 7.74. The number of benzene rings is 2. The van der Waals surface area contributed by atoms with E-state index in [0.717, 1.165) is 18.7 Å². The zero-order valence-electron chi connectivity index (χ0n) is 13.4. The Kier molecular flexibility index (Phi) is 5.40. The zero-order valence-corrected chi connectivity index (χ0v) is 13.4. The van der Waals surface area contributed by atoms with Gasteiger partial charge in [0.15, 0.2) is 0 Å². The lowest BCUT2D eigenvalue weighted by molar-refractivity contribution is 0.413. The van der Waals surface area contributed by atoms with Gasteiger partial charge in [-0.05, 0) is 42.2 Å². The SMILES string of the molecule is CC.COc1ccc2c(c1)CCNC2c1ccc(C)cc1. The van der Waals surface area contributed by atoms with E-state index in [1.807, 2.05) is 19.9 Å². The van der Waals surface area contributed by atoms with E-state index >= 15 is 0 Å². The third-order valence-electron chi connectivity index (χ3n) is 3.81. The third kappa shape index (κ3) is 3.45. The van der Waals surface area contributed by atoms with Gasteiger partial charge in [0, 0.05) is 6.54 Å². The molecule has 0 amide bonds. The summed E-state index contributed by atoms with van der Waals surface area (Å²) >= 11 is 0. The van der Waals surface area contributed by atoms with Crippen LogP contribution in [0.3, 0.4) is 0 Å². The van der Waals surface area contributed by atoms with Crippen LogP contribution in [0.1, 0.15) is 42.1 Å². The van der Waals surface area contributed by atoms with Crippen LogP contribution in [0.2, 0.25) is 0 Å². The summed E-state index contributed by atoms with van der Waals surface area (Å²) in [6, 6.07) is 15.5. The molecule has 1 aliphatic rings. The maximum Gasteiger partial charge on any atom is 0.119 e. The number of hydrogen-bond donors (Lipinski definition) is 1. The first-order valence-electron chi connectivity index (χ1n) is 7.74. The molecule has 2 nitrogen and oxygen atoms in total. The summed E-state index contributed by atoms with van der Waals surface area (Å²) in [4.78, 5) is 0. The van der Waals surface area contributed by atoms with Crippen molar-refractivity contribution in [3.63, 3.8) is 0 Å². The van der Waals surface area contributed by atoms with E-state index in [1.165, 1.54) is 22.3 Å². The molecule has 3 rings (SSSR count). The zero-order chi connectivity index (χ0) is 15.2. The van der Waals surface area contributed by atoms with Crippen LogP contribution < -0.4 is 10.1 Å². The largest absolute Gasteiger partial charge is 0.497 e. The molecule has 0 fully saturated rings. The van der Waals surface area contributed by atoms with Gasteiger partial charge in [0.1, 0.15) is 5.75 Å². The fraction of sp³-hybridized carbons (Fsp3) is 0.368. The van der Waals surface area contributed by atoms with Crippen molar-refractivity contribution in [1.29, 1.82) is 0 Å². The molecular formula is C19H25NO. The van der Waals surface area contributed by atoms with Crippen molar-refractivity contribution in [3.8, 4) is 5.75 Å². The average molecular weight is 283 g/mol. The predicted octanol–water partition coefficient (Wildman–Crippen LogP) is 4.26.